The first-order valence-electron chi connectivity index (χ1n) is 9.79. The van der Waals surface area contributed by atoms with E-state index in [4.69, 9.17) is 23.2 Å². The summed E-state index contributed by atoms with van der Waals surface area (Å²) >= 11 is 12.3. The van der Waals surface area contributed by atoms with Gasteiger partial charge in [0.2, 0.25) is 0 Å². The summed E-state index contributed by atoms with van der Waals surface area (Å²) in [5.74, 6) is 0. The van der Waals surface area contributed by atoms with Gasteiger partial charge < -0.3 is 14.7 Å². The highest BCUT2D eigenvalue weighted by atomic mass is 35.5. The number of hydrogen-bond donors (Lipinski definition) is 2. The maximum Gasteiger partial charge on any atom is 0.156 e. The number of halogens is 2. The van der Waals surface area contributed by atoms with Gasteiger partial charge in [0.1, 0.15) is 0 Å². The molecule has 1 unspecified atom stereocenters. The lowest BCUT2D eigenvalue weighted by atomic mass is 9.83. The Morgan fingerprint density at radius 2 is 1.71 bits per heavy atom. The number of aryl methyl sites for hydroxylation is 1. The van der Waals surface area contributed by atoms with Gasteiger partial charge >= 0.3 is 0 Å². The van der Waals surface area contributed by atoms with Crippen LogP contribution in [0.5, 0.6) is 0 Å². The zero-order valence-corrected chi connectivity index (χ0v) is 18.2. The van der Waals surface area contributed by atoms with Crippen molar-refractivity contribution in [1.29, 1.82) is 0 Å². The smallest absolute Gasteiger partial charge is 0.156 e. The monoisotopic (exact) mass is 447 g/mol. The molecule has 4 nitrogen and oxygen atoms in total. The third kappa shape index (κ3) is 3.33. The highest BCUT2D eigenvalue weighted by Gasteiger charge is 2.36. The molecule has 6 heteroatoms. The lowest BCUT2D eigenvalue weighted by molar-refractivity contribution is 0.117. The number of H-pyrrole nitrogens is 1. The molecule has 2 aromatic heterocycles. The zero-order valence-electron chi connectivity index (χ0n) is 16.7. The molecule has 154 valence electrons. The van der Waals surface area contributed by atoms with Gasteiger partial charge in [-0.15, -0.1) is 0 Å². The number of aromatic amines is 1. The van der Waals surface area contributed by atoms with Crippen LogP contribution < -0.4 is 0 Å². The number of aliphatic hydroxyl groups is 1. The van der Waals surface area contributed by atoms with Crippen molar-refractivity contribution in [2.24, 2.45) is 7.05 Å². The molecule has 0 bridgehead atoms. The summed E-state index contributed by atoms with van der Waals surface area (Å²) in [6.45, 7) is 0. The van der Waals surface area contributed by atoms with Gasteiger partial charge in [0.05, 0.1) is 18.2 Å². The van der Waals surface area contributed by atoms with Crippen molar-refractivity contribution in [2.45, 2.75) is 5.60 Å². The van der Waals surface area contributed by atoms with E-state index >= 15 is 0 Å². The van der Waals surface area contributed by atoms with Crippen LogP contribution in [0, 0.1) is 0 Å². The van der Waals surface area contributed by atoms with E-state index in [9.17, 15) is 5.11 Å². The Balaban J connectivity index is 1.75. The Morgan fingerprint density at radius 3 is 2.42 bits per heavy atom. The average molecular weight is 448 g/mol. The minimum absolute atomic E-state index is 0.612. The molecule has 2 N–H and O–H groups in total. The molecule has 1 atom stereocenters. The van der Waals surface area contributed by atoms with E-state index in [1.165, 1.54) is 0 Å². The molecule has 0 amide bonds. The summed E-state index contributed by atoms with van der Waals surface area (Å²) in [5, 5.41) is 14.4. The molecule has 31 heavy (non-hydrogen) atoms. The van der Waals surface area contributed by atoms with Crippen LogP contribution in [-0.4, -0.2) is 19.6 Å². The third-order valence-corrected chi connectivity index (χ3v) is 6.17. The predicted molar refractivity (Wildman–Crippen MR) is 126 cm³/mol. The first-order valence-corrected chi connectivity index (χ1v) is 10.5. The van der Waals surface area contributed by atoms with Gasteiger partial charge in [-0.1, -0.05) is 53.5 Å². The summed E-state index contributed by atoms with van der Waals surface area (Å²) < 4.78 is 1.83. The summed E-state index contributed by atoms with van der Waals surface area (Å²) in [5.41, 5.74) is 3.69. The second kappa shape index (κ2) is 7.57. The number of rotatable bonds is 4. The number of aromatic nitrogens is 3. The molecule has 0 radical (unpaired) electrons. The summed E-state index contributed by atoms with van der Waals surface area (Å²) in [4.78, 5) is 7.56. The van der Waals surface area contributed by atoms with E-state index in [1.54, 1.807) is 24.7 Å². The molecule has 3 aromatic carbocycles. The number of hydrogen-bond acceptors (Lipinski definition) is 2. The molecule has 0 aliphatic carbocycles. The Kier molecular flexibility index (Phi) is 4.86. The van der Waals surface area contributed by atoms with Crippen LogP contribution >= 0.6 is 23.2 Å². The maximum atomic E-state index is 12.2. The zero-order chi connectivity index (χ0) is 21.6. The third-order valence-electron chi connectivity index (χ3n) is 5.68. The molecular weight excluding hydrogens is 429 g/mol. The van der Waals surface area contributed by atoms with E-state index in [0.29, 0.717) is 21.3 Å². The van der Waals surface area contributed by atoms with Crippen LogP contribution in [0.4, 0.5) is 0 Å². The molecule has 2 heterocycles. The maximum absolute atomic E-state index is 12.2. The van der Waals surface area contributed by atoms with Crippen LogP contribution in [0.15, 0.2) is 85.5 Å². The van der Waals surface area contributed by atoms with Gasteiger partial charge in [-0.05, 0) is 53.1 Å². The average Bonchev–Trinajstić information content (AvgIpc) is 3.39. The number of fused-ring (bicyclic) bond motifs is 1. The topological polar surface area (TPSA) is 53.8 Å². The van der Waals surface area contributed by atoms with E-state index in [-0.39, 0.29) is 0 Å². The van der Waals surface area contributed by atoms with Gasteiger partial charge in [-0.3, -0.25) is 0 Å². The molecule has 0 saturated carbocycles. The minimum atomic E-state index is -1.41. The first-order chi connectivity index (χ1) is 15.0. The van der Waals surface area contributed by atoms with Crippen LogP contribution in [0.1, 0.15) is 16.8 Å². The largest absolute Gasteiger partial charge is 0.374 e. The molecule has 0 fully saturated rings. The van der Waals surface area contributed by atoms with E-state index in [0.717, 1.165) is 27.6 Å². The quantitative estimate of drug-likeness (QED) is 0.346. The Morgan fingerprint density at radius 1 is 0.935 bits per heavy atom. The number of benzene rings is 3. The minimum Gasteiger partial charge on any atom is -0.374 e. The highest BCUT2D eigenvalue weighted by Crippen LogP contribution is 2.39. The van der Waals surface area contributed by atoms with Gasteiger partial charge in [-0.2, -0.15) is 0 Å². The van der Waals surface area contributed by atoms with Crippen molar-refractivity contribution < 1.29 is 5.11 Å². The Hall–Kier alpha value is -3.05. The molecule has 0 aliphatic rings. The van der Waals surface area contributed by atoms with Crippen molar-refractivity contribution in [3.63, 3.8) is 0 Å². The van der Waals surface area contributed by atoms with Crippen molar-refractivity contribution in [3.8, 4) is 11.1 Å². The fourth-order valence-electron chi connectivity index (χ4n) is 4.10. The highest BCUT2D eigenvalue weighted by molar-refractivity contribution is 6.31. The first kappa shape index (κ1) is 19.9. The van der Waals surface area contributed by atoms with E-state index in [2.05, 4.69) is 9.97 Å². The summed E-state index contributed by atoms with van der Waals surface area (Å²) in [7, 11) is 1.87. The summed E-state index contributed by atoms with van der Waals surface area (Å²) in [6, 6.07) is 20.9. The molecule has 0 spiro atoms. The second-order valence-corrected chi connectivity index (χ2v) is 8.45. The van der Waals surface area contributed by atoms with Gasteiger partial charge in [0, 0.05) is 39.8 Å². The van der Waals surface area contributed by atoms with Gasteiger partial charge in [0.15, 0.2) is 5.60 Å². The summed E-state index contributed by atoms with van der Waals surface area (Å²) in [6.07, 6.45) is 5.34. The lowest BCUT2D eigenvalue weighted by Gasteiger charge is -2.30. The van der Waals surface area contributed by atoms with E-state index < -0.39 is 5.60 Å². The van der Waals surface area contributed by atoms with Crippen molar-refractivity contribution in [1.82, 2.24) is 14.5 Å². The fraction of sp³-hybridized carbons (Fsp3) is 0.0800. The molecule has 0 aliphatic heterocycles. The predicted octanol–water partition coefficient (Wildman–Crippen LogP) is 6.16. The number of nitrogens with zero attached hydrogens (tertiary/aromatic N) is 2. The SMILES string of the molecule is Cn1cncc1C(O)(c1ccc(Cl)cc1)c1ccc2[nH]cc(-c3cccc(Cl)c3)c2c1. The van der Waals surface area contributed by atoms with Crippen LogP contribution in [-0.2, 0) is 12.6 Å². The second-order valence-electron chi connectivity index (χ2n) is 7.58. The normalized spacial score (nSPS) is 13.4. The fourth-order valence-corrected chi connectivity index (χ4v) is 4.42. The van der Waals surface area contributed by atoms with Crippen molar-refractivity contribution in [3.05, 3.63) is 112 Å². The molecular formula is C25H19Cl2N3O. The molecule has 5 aromatic rings. The van der Waals surface area contributed by atoms with Crippen LogP contribution in [0.25, 0.3) is 22.0 Å². The lowest BCUT2D eigenvalue weighted by Crippen LogP contribution is -2.31. The van der Waals surface area contributed by atoms with Crippen LogP contribution in [0.2, 0.25) is 10.0 Å². The van der Waals surface area contributed by atoms with Crippen LogP contribution in [0.3, 0.4) is 0 Å². The number of nitrogens with one attached hydrogen (secondary N) is 1. The Labute approximate surface area is 189 Å². The molecule has 0 saturated heterocycles. The number of imidazole rings is 1. The van der Waals surface area contributed by atoms with E-state index in [1.807, 2.05) is 72.4 Å². The van der Waals surface area contributed by atoms with Crippen molar-refractivity contribution >= 4 is 34.1 Å². The van der Waals surface area contributed by atoms with Gasteiger partial charge in [0.25, 0.3) is 0 Å². The Bertz CT molecular complexity index is 1390. The molecule has 5 rings (SSSR count). The van der Waals surface area contributed by atoms with Crippen molar-refractivity contribution in [2.75, 3.05) is 0 Å². The standard InChI is InChI=1S/C25H19Cl2N3O/c1-30-15-28-14-24(30)25(31,17-5-8-19(26)9-6-17)18-7-10-23-21(12-18)22(13-29-23)16-3-2-4-20(27)11-16/h2-15,29,31H,1H3. The van der Waals surface area contributed by atoms with Gasteiger partial charge in [-0.25, -0.2) is 4.98 Å².